The lowest BCUT2D eigenvalue weighted by molar-refractivity contribution is 0.467. The Morgan fingerprint density at radius 1 is 0.475 bits per heavy atom. The number of ether oxygens (including phenoxy) is 2. The molecule has 2 nitrogen and oxygen atoms in total. The van der Waals surface area contributed by atoms with Crippen molar-refractivity contribution in [2.75, 3.05) is 0 Å². The summed E-state index contributed by atoms with van der Waals surface area (Å²) in [5.74, 6) is 3.68. The smallest absolute Gasteiger partial charge is 0.147 e. The van der Waals surface area contributed by atoms with Crippen molar-refractivity contribution in [3.8, 4) is 45.3 Å². The van der Waals surface area contributed by atoms with Crippen molar-refractivity contribution < 1.29 is 9.47 Å². The van der Waals surface area contributed by atoms with Crippen LogP contribution in [0.25, 0.3) is 42.4 Å². The van der Waals surface area contributed by atoms with Crippen molar-refractivity contribution in [3.63, 3.8) is 0 Å². The average molecular weight is 549 g/mol. The Bertz CT molecular complexity index is 2120. The molecule has 1 atom stereocenters. The van der Waals surface area contributed by atoms with Gasteiger partial charge in [0.15, 0.2) is 0 Å². The highest BCUT2D eigenvalue weighted by atomic mass is 32.1. The molecule has 40 heavy (non-hydrogen) atoms. The van der Waals surface area contributed by atoms with E-state index in [1.165, 1.54) is 47.2 Å². The summed E-state index contributed by atoms with van der Waals surface area (Å²) in [6.07, 6.45) is 0. The van der Waals surface area contributed by atoms with Gasteiger partial charge in [0, 0.05) is 44.3 Å². The van der Waals surface area contributed by atoms with E-state index in [1.807, 2.05) is 17.4 Å². The second-order valence-corrected chi connectivity index (χ2v) is 13.3. The van der Waals surface area contributed by atoms with Gasteiger partial charge in [-0.3, -0.25) is 0 Å². The van der Waals surface area contributed by atoms with E-state index in [9.17, 15) is 0 Å². The van der Waals surface area contributed by atoms with Gasteiger partial charge in [-0.25, -0.2) is 0 Å². The Labute approximate surface area is 236 Å². The van der Waals surface area contributed by atoms with Gasteiger partial charge >= 0.3 is 0 Å². The molecule has 3 heterocycles. The minimum Gasteiger partial charge on any atom is -0.456 e. The summed E-state index contributed by atoms with van der Waals surface area (Å²) < 4.78 is 15.7. The molecule has 2 aliphatic rings. The Morgan fingerprint density at radius 2 is 1.12 bits per heavy atom. The molecule has 1 aromatic heterocycles. The Kier molecular flexibility index (Phi) is 4.78. The zero-order valence-electron chi connectivity index (χ0n) is 21.3. The van der Waals surface area contributed by atoms with Crippen molar-refractivity contribution in [2.45, 2.75) is 0 Å². The van der Waals surface area contributed by atoms with Gasteiger partial charge in [-0.1, -0.05) is 97.1 Å². The van der Waals surface area contributed by atoms with Crippen molar-refractivity contribution in [3.05, 3.63) is 127 Å². The Morgan fingerprint density at radius 3 is 1.93 bits per heavy atom. The number of para-hydroxylation sites is 2. The maximum Gasteiger partial charge on any atom is 0.147 e. The maximum atomic E-state index is 6.67. The second-order valence-electron chi connectivity index (χ2n) is 10.1. The van der Waals surface area contributed by atoms with Gasteiger partial charge in [0.1, 0.15) is 23.0 Å². The summed E-state index contributed by atoms with van der Waals surface area (Å²) in [5.41, 5.74) is 4.72. The first-order valence-corrected chi connectivity index (χ1v) is 15.5. The van der Waals surface area contributed by atoms with E-state index in [-0.39, 0.29) is 0 Å². The third kappa shape index (κ3) is 3.20. The molecule has 0 N–H and O–H groups in total. The van der Waals surface area contributed by atoms with Crippen LogP contribution in [0.2, 0.25) is 0 Å². The summed E-state index contributed by atoms with van der Waals surface area (Å²) >= 11 is 1.87. The fourth-order valence-electron chi connectivity index (χ4n) is 6.04. The molecule has 6 aromatic carbocycles. The normalized spacial score (nSPS) is 14.7. The Hall–Kier alpha value is -4.43. The lowest BCUT2D eigenvalue weighted by Crippen LogP contribution is -2.32. The van der Waals surface area contributed by atoms with Gasteiger partial charge < -0.3 is 9.47 Å². The first-order chi connectivity index (χ1) is 19.8. The molecule has 9 rings (SSSR count). The molecule has 0 saturated carbocycles. The van der Waals surface area contributed by atoms with E-state index in [4.69, 9.17) is 9.47 Å². The molecule has 0 radical (unpaired) electrons. The van der Waals surface area contributed by atoms with Crippen LogP contribution >= 0.6 is 19.3 Å². The van der Waals surface area contributed by atoms with Crippen molar-refractivity contribution >= 4 is 55.3 Å². The van der Waals surface area contributed by atoms with Crippen LogP contribution in [0.15, 0.2) is 127 Å². The van der Waals surface area contributed by atoms with Crippen LogP contribution in [0.3, 0.4) is 0 Å². The standard InChI is InChI=1S/C36H21O2PS/c1-6-15-33-26(8-1)27-10-7-9-25(36(27)40-33)23-18-16-22(17-19-23)24-20-21-30-35-34(24)38-29-12-3-5-14-32(29)39(35)31-13-4-2-11-28(31)37-30/h1-21H. The van der Waals surface area contributed by atoms with Gasteiger partial charge in [-0.05, 0) is 47.0 Å². The molecule has 188 valence electrons. The van der Waals surface area contributed by atoms with Crippen LogP contribution in [0.5, 0.6) is 23.0 Å². The third-order valence-electron chi connectivity index (χ3n) is 7.87. The van der Waals surface area contributed by atoms with Gasteiger partial charge in [-0.15, -0.1) is 11.3 Å². The zero-order valence-corrected chi connectivity index (χ0v) is 23.0. The monoisotopic (exact) mass is 548 g/mol. The lowest BCUT2D eigenvalue weighted by Gasteiger charge is -2.35. The number of thiophene rings is 1. The van der Waals surface area contributed by atoms with E-state index < -0.39 is 7.92 Å². The molecule has 7 aromatic rings. The first kappa shape index (κ1) is 22.4. The largest absolute Gasteiger partial charge is 0.456 e. The van der Waals surface area contributed by atoms with E-state index in [1.54, 1.807) is 0 Å². The number of rotatable bonds is 2. The van der Waals surface area contributed by atoms with E-state index in [0.717, 1.165) is 34.1 Å². The minimum absolute atomic E-state index is 0.779. The molecular formula is C36H21O2PS. The van der Waals surface area contributed by atoms with Crippen molar-refractivity contribution in [2.24, 2.45) is 0 Å². The van der Waals surface area contributed by atoms with Gasteiger partial charge in [0.2, 0.25) is 0 Å². The summed E-state index contributed by atoms with van der Waals surface area (Å²) in [6.45, 7) is 0. The molecule has 0 aliphatic carbocycles. The van der Waals surface area contributed by atoms with Crippen LogP contribution in [-0.2, 0) is 0 Å². The Balaban J connectivity index is 1.19. The molecule has 4 heteroatoms. The highest BCUT2D eigenvalue weighted by Gasteiger charge is 2.38. The van der Waals surface area contributed by atoms with Crippen molar-refractivity contribution in [1.29, 1.82) is 0 Å². The highest BCUT2D eigenvalue weighted by molar-refractivity contribution is 7.80. The van der Waals surface area contributed by atoms with E-state index in [0.29, 0.717) is 0 Å². The predicted molar refractivity (Wildman–Crippen MR) is 169 cm³/mol. The van der Waals surface area contributed by atoms with Crippen LogP contribution in [-0.4, -0.2) is 0 Å². The molecule has 0 bridgehead atoms. The predicted octanol–water partition coefficient (Wildman–Crippen LogP) is 9.36. The molecule has 0 amide bonds. The topological polar surface area (TPSA) is 18.5 Å². The first-order valence-electron chi connectivity index (χ1n) is 13.4. The second kappa shape index (κ2) is 8.53. The van der Waals surface area contributed by atoms with Gasteiger partial charge in [-0.2, -0.15) is 0 Å². The quantitative estimate of drug-likeness (QED) is 0.200. The van der Waals surface area contributed by atoms with Crippen molar-refractivity contribution in [1.82, 2.24) is 0 Å². The van der Waals surface area contributed by atoms with Crippen LogP contribution < -0.4 is 25.4 Å². The summed E-state index contributed by atoms with van der Waals surface area (Å²) in [7, 11) is -0.779. The van der Waals surface area contributed by atoms with Gasteiger partial charge in [0.05, 0.1) is 5.30 Å². The fourth-order valence-corrected chi connectivity index (χ4v) is 9.88. The molecule has 1 unspecified atom stereocenters. The molecule has 0 saturated heterocycles. The molecule has 0 fully saturated rings. The van der Waals surface area contributed by atoms with Gasteiger partial charge in [0.25, 0.3) is 0 Å². The number of fused-ring (bicyclic) bond motifs is 7. The third-order valence-corrected chi connectivity index (χ3v) is 11.7. The zero-order chi connectivity index (χ0) is 26.2. The maximum absolute atomic E-state index is 6.67. The minimum atomic E-state index is -0.779. The van der Waals surface area contributed by atoms with E-state index >= 15 is 0 Å². The van der Waals surface area contributed by atoms with Crippen LogP contribution in [0.4, 0.5) is 0 Å². The SMILES string of the molecule is c1ccc2c(c1)Oc1ccc(-c3ccc(-c4cccc5c4sc4ccccc45)cc3)c3c1P2c1ccccc1O3. The summed E-state index contributed by atoms with van der Waals surface area (Å²) in [6, 6.07) is 45.4. The van der Waals surface area contributed by atoms with Crippen LogP contribution in [0.1, 0.15) is 0 Å². The summed E-state index contributed by atoms with van der Waals surface area (Å²) in [5, 5.41) is 6.30. The number of hydrogen-bond donors (Lipinski definition) is 0. The molecule has 2 aliphatic heterocycles. The number of benzene rings is 6. The fraction of sp³-hybridized carbons (Fsp3) is 0. The lowest BCUT2D eigenvalue weighted by atomic mass is 9.98. The highest BCUT2D eigenvalue weighted by Crippen LogP contribution is 2.54. The summed E-state index contributed by atoms with van der Waals surface area (Å²) in [4.78, 5) is 0. The van der Waals surface area contributed by atoms with E-state index in [2.05, 4.69) is 121 Å². The number of hydrogen-bond acceptors (Lipinski definition) is 3. The molecule has 0 spiro atoms. The van der Waals surface area contributed by atoms with Crippen LogP contribution in [0, 0.1) is 0 Å². The average Bonchev–Trinajstić information content (AvgIpc) is 3.40. The molecular weight excluding hydrogens is 527 g/mol.